The van der Waals surface area contributed by atoms with Gasteiger partial charge in [-0.2, -0.15) is 5.26 Å². The van der Waals surface area contributed by atoms with Crippen LogP contribution in [0.1, 0.15) is 25.0 Å². The van der Waals surface area contributed by atoms with Gasteiger partial charge in [-0.1, -0.05) is 29.3 Å². The van der Waals surface area contributed by atoms with Crippen LogP contribution in [-0.2, 0) is 4.79 Å². The Kier molecular flexibility index (Phi) is 5.83. The van der Waals surface area contributed by atoms with Crippen LogP contribution in [0, 0.1) is 18.3 Å². The molecule has 0 saturated heterocycles. The number of benzene rings is 2. The van der Waals surface area contributed by atoms with Gasteiger partial charge >= 0.3 is 0 Å². The summed E-state index contributed by atoms with van der Waals surface area (Å²) >= 11 is 6.07. The number of likely N-dealkylation sites (N-methyl/N-ethyl adjacent to an activating group) is 1. The Morgan fingerprint density at radius 3 is 2.50 bits per heavy atom. The van der Waals surface area contributed by atoms with Crippen molar-refractivity contribution >= 4 is 23.2 Å². The number of hydrogen-bond donors (Lipinski definition) is 0. The SMILES string of the molecule is CCN(C(=O)[C@@H](C)Oc1ccc(C)cc1)c1ccc(C#N)c(Cl)c1. The Bertz CT molecular complexity index is 766. The van der Waals surface area contributed by atoms with Crippen molar-refractivity contribution in [2.75, 3.05) is 11.4 Å². The minimum Gasteiger partial charge on any atom is -0.481 e. The third-order valence-electron chi connectivity index (χ3n) is 3.65. The lowest BCUT2D eigenvalue weighted by Crippen LogP contribution is -2.40. The monoisotopic (exact) mass is 342 g/mol. The van der Waals surface area contributed by atoms with Crippen LogP contribution in [0.2, 0.25) is 5.02 Å². The number of hydrogen-bond acceptors (Lipinski definition) is 3. The van der Waals surface area contributed by atoms with Crippen LogP contribution in [0.4, 0.5) is 5.69 Å². The maximum Gasteiger partial charge on any atom is 0.267 e. The molecule has 0 fully saturated rings. The molecule has 1 atom stereocenters. The fourth-order valence-corrected chi connectivity index (χ4v) is 2.54. The van der Waals surface area contributed by atoms with Crippen molar-refractivity contribution < 1.29 is 9.53 Å². The highest BCUT2D eigenvalue weighted by Crippen LogP contribution is 2.24. The smallest absolute Gasteiger partial charge is 0.267 e. The molecule has 4 nitrogen and oxygen atoms in total. The number of carbonyl (C=O) groups excluding carboxylic acids is 1. The summed E-state index contributed by atoms with van der Waals surface area (Å²) in [6.45, 7) is 6.06. The maximum atomic E-state index is 12.7. The second kappa shape index (κ2) is 7.85. The van der Waals surface area contributed by atoms with Gasteiger partial charge in [0.25, 0.3) is 5.91 Å². The van der Waals surface area contributed by atoms with Crippen LogP contribution in [0.3, 0.4) is 0 Å². The molecule has 0 saturated carbocycles. The Balaban J connectivity index is 2.17. The van der Waals surface area contributed by atoms with Gasteiger partial charge in [-0.15, -0.1) is 0 Å². The minimum absolute atomic E-state index is 0.168. The molecule has 5 heteroatoms. The van der Waals surface area contributed by atoms with E-state index >= 15 is 0 Å². The van der Waals surface area contributed by atoms with Gasteiger partial charge in [0.15, 0.2) is 6.10 Å². The number of amides is 1. The van der Waals surface area contributed by atoms with Crippen molar-refractivity contribution in [1.29, 1.82) is 5.26 Å². The second-order valence-corrected chi connectivity index (χ2v) is 5.84. The number of aryl methyl sites for hydroxylation is 1. The largest absolute Gasteiger partial charge is 0.481 e. The van der Waals surface area contributed by atoms with Crippen molar-refractivity contribution in [2.24, 2.45) is 0 Å². The zero-order valence-electron chi connectivity index (χ0n) is 13.9. The Hall–Kier alpha value is -2.51. The lowest BCUT2D eigenvalue weighted by Gasteiger charge is -2.25. The Morgan fingerprint density at radius 2 is 1.96 bits per heavy atom. The number of anilines is 1. The highest BCUT2D eigenvalue weighted by molar-refractivity contribution is 6.32. The van der Waals surface area contributed by atoms with Crippen LogP contribution < -0.4 is 9.64 Å². The standard InChI is InChI=1S/C19H19ClN2O2/c1-4-22(16-8-7-15(12-21)18(20)11-16)19(23)14(3)24-17-9-5-13(2)6-10-17/h5-11,14H,4H2,1-3H3/t14-/m1/s1. The first kappa shape index (κ1) is 17.8. The molecule has 1 amide bonds. The molecule has 0 aliphatic rings. The first-order chi connectivity index (χ1) is 11.5. The molecule has 0 unspecified atom stereocenters. The molecule has 2 rings (SSSR count). The predicted octanol–water partition coefficient (Wildman–Crippen LogP) is 4.34. The van der Waals surface area contributed by atoms with Crippen molar-refractivity contribution in [1.82, 2.24) is 0 Å². The molecule has 0 aromatic heterocycles. The number of halogens is 1. The highest BCUT2D eigenvalue weighted by atomic mass is 35.5. The van der Waals surface area contributed by atoms with Gasteiger partial charge in [0.2, 0.25) is 0 Å². The predicted molar refractivity (Wildman–Crippen MR) is 95.5 cm³/mol. The van der Waals surface area contributed by atoms with Crippen LogP contribution in [0.5, 0.6) is 5.75 Å². The summed E-state index contributed by atoms with van der Waals surface area (Å²) < 4.78 is 5.73. The number of ether oxygens (including phenoxy) is 1. The van der Waals surface area contributed by atoms with Gasteiger partial charge in [-0.25, -0.2) is 0 Å². The van der Waals surface area contributed by atoms with E-state index < -0.39 is 6.10 Å². The summed E-state index contributed by atoms with van der Waals surface area (Å²) in [5.74, 6) is 0.481. The van der Waals surface area contributed by atoms with E-state index in [4.69, 9.17) is 21.6 Å². The number of rotatable bonds is 5. The molecule has 0 spiro atoms. The average molecular weight is 343 g/mol. The molecule has 0 aliphatic carbocycles. The molecule has 0 radical (unpaired) electrons. The molecule has 0 aliphatic heterocycles. The van der Waals surface area contributed by atoms with E-state index in [2.05, 4.69) is 0 Å². The fourth-order valence-electron chi connectivity index (χ4n) is 2.32. The first-order valence-corrected chi connectivity index (χ1v) is 8.08. The van der Waals surface area contributed by atoms with E-state index in [-0.39, 0.29) is 5.91 Å². The van der Waals surface area contributed by atoms with Crippen molar-refractivity contribution in [3.63, 3.8) is 0 Å². The van der Waals surface area contributed by atoms with Crippen LogP contribution in [0.15, 0.2) is 42.5 Å². The number of nitrogens with zero attached hydrogens (tertiary/aromatic N) is 2. The molecule has 0 N–H and O–H groups in total. The molecule has 24 heavy (non-hydrogen) atoms. The van der Waals surface area contributed by atoms with E-state index in [0.29, 0.717) is 28.6 Å². The highest BCUT2D eigenvalue weighted by Gasteiger charge is 2.23. The second-order valence-electron chi connectivity index (χ2n) is 5.43. The molecular weight excluding hydrogens is 324 g/mol. The maximum absolute atomic E-state index is 12.7. The zero-order chi connectivity index (χ0) is 17.7. The molecule has 0 bridgehead atoms. The number of nitriles is 1. The molecule has 2 aromatic rings. The first-order valence-electron chi connectivity index (χ1n) is 7.70. The third kappa shape index (κ3) is 4.06. The molecule has 0 heterocycles. The summed E-state index contributed by atoms with van der Waals surface area (Å²) in [5.41, 5.74) is 2.16. The van der Waals surface area contributed by atoms with Gasteiger partial charge in [0, 0.05) is 12.2 Å². The lowest BCUT2D eigenvalue weighted by atomic mass is 10.2. The van der Waals surface area contributed by atoms with E-state index in [9.17, 15) is 4.79 Å². The van der Waals surface area contributed by atoms with Gasteiger partial charge in [-0.05, 0) is 51.1 Å². The topological polar surface area (TPSA) is 53.3 Å². The van der Waals surface area contributed by atoms with E-state index in [1.807, 2.05) is 44.2 Å². The average Bonchev–Trinajstić information content (AvgIpc) is 2.57. The van der Waals surface area contributed by atoms with Crippen LogP contribution in [-0.4, -0.2) is 18.6 Å². The fraction of sp³-hybridized carbons (Fsp3) is 0.263. The van der Waals surface area contributed by atoms with Crippen molar-refractivity contribution in [3.05, 3.63) is 58.6 Å². The third-order valence-corrected chi connectivity index (χ3v) is 3.96. The number of carbonyl (C=O) groups is 1. The van der Waals surface area contributed by atoms with Crippen molar-refractivity contribution in [3.8, 4) is 11.8 Å². The molecular formula is C19H19ClN2O2. The minimum atomic E-state index is -0.637. The summed E-state index contributed by atoms with van der Waals surface area (Å²) in [4.78, 5) is 14.3. The summed E-state index contributed by atoms with van der Waals surface area (Å²) in [6, 6.07) is 14.5. The molecule has 2 aromatic carbocycles. The zero-order valence-corrected chi connectivity index (χ0v) is 14.7. The van der Waals surface area contributed by atoms with Crippen LogP contribution >= 0.6 is 11.6 Å². The normalized spacial score (nSPS) is 11.5. The van der Waals surface area contributed by atoms with Crippen molar-refractivity contribution in [2.45, 2.75) is 26.9 Å². The van der Waals surface area contributed by atoms with E-state index in [1.54, 1.807) is 30.0 Å². The van der Waals surface area contributed by atoms with Gasteiger partial charge in [0.05, 0.1) is 10.6 Å². The molecule has 124 valence electrons. The summed E-state index contributed by atoms with van der Waals surface area (Å²) in [7, 11) is 0. The Labute approximate surface area is 147 Å². The Morgan fingerprint density at radius 1 is 1.29 bits per heavy atom. The quantitative estimate of drug-likeness (QED) is 0.812. The summed E-state index contributed by atoms with van der Waals surface area (Å²) in [5, 5.41) is 9.28. The van der Waals surface area contributed by atoms with Gasteiger partial charge in [-0.3, -0.25) is 4.79 Å². The lowest BCUT2D eigenvalue weighted by molar-refractivity contribution is -0.124. The van der Waals surface area contributed by atoms with Gasteiger partial charge < -0.3 is 9.64 Å². The van der Waals surface area contributed by atoms with Crippen LogP contribution in [0.25, 0.3) is 0 Å². The van der Waals surface area contributed by atoms with E-state index in [0.717, 1.165) is 5.56 Å². The van der Waals surface area contributed by atoms with Gasteiger partial charge in [0.1, 0.15) is 11.8 Å². The van der Waals surface area contributed by atoms with E-state index in [1.165, 1.54) is 0 Å². The summed E-state index contributed by atoms with van der Waals surface area (Å²) in [6.07, 6.45) is -0.637.